The van der Waals surface area contributed by atoms with Crippen molar-refractivity contribution in [3.05, 3.63) is 23.2 Å². The summed E-state index contributed by atoms with van der Waals surface area (Å²) in [5, 5.41) is 0.537. The Morgan fingerprint density at radius 2 is 2.27 bits per heavy atom. The third kappa shape index (κ3) is 1.79. The Bertz CT molecular complexity index is 392. The summed E-state index contributed by atoms with van der Waals surface area (Å²) in [5.41, 5.74) is 0.771. The van der Waals surface area contributed by atoms with Gasteiger partial charge in [-0.15, -0.1) is 0 Å². The Labute approximate surface area is 93.6 Å². The quantitative estimate of drug-likeness (QED) is 0.774. The van der Waals surface area contributed by atoms with E-state index in [2.05, 4.69) is 0 Å². The minimum Gasteiger partial charge on any atom is -0.493 e. The fourth-order valence-electron chi connectivity index (χ4n) is 1.81. The number of methoxy groups -OCH3 is 1. The Balaban J connectivity index is 2.42. The van der Waals surface area contributed by atoms with Crippen LogP contribution >= 0.6 is 11.6 Å². The number of anilines is 1. The van der Waals surface area contributed by atoms with Crippen LogP contribution in [0.4, 0.5) is 5.69 Å². The van der Waals surface area contributed by atoms with Crippen molar-refractivity contribution in [1.82, 2.24) is 0 Å². The summed E-state index contributed by atoms with van der Waals surface area (Å²) in [6, 6.07) is 5.43. The van der Waals surface area contributed by atoms with Gasteiger partial charge in [0.1, 0.15) is 0 Å². The van der Waals surface area contributed by atoms with Crippen LogP contribution in [0.5, 0.6) is 5.75 Å². The molecule has 1 aliphatic heterocycles. The van der Waals surface area contributed by atoms with Crippen molar-refractivity contribution in [3.8, 4) is 5.75 Å². The maximum Gasteiger partial charge on any atom is 0.227 e. The first-order valence-electron chi connectivity index (χ1n) is 4.87. The lowest BCUT2D eigenvalue weighted by Gasteiger charge is -2.19. The van der Waals surface area contributed by atoms with E-state index in [-0.39, 0.29) is 5.91 Å². The number of ether oxygens (including phenoxy) is 1. The molecule has 1 fully saturated rings. The fraction of sp³-hybridized carbons (Fsp3) is 0.364. The zero-order chi connectivity index (χ0) is 10.8. The molecule has 0 aliphatic carbocycles. The Morgan fingerprint density at radius 3 is 2.87 bits per heavy atom. The summed E-state index contributed by atoms with van der Waals surface area (Å²) in [6.45, 7) is 0.746. The number of benzene rings is 1. The highest BCUT2D eigenvalue weighted by atomic mass is 35.5. The largest absolute Gasteiger partial charge is 0.493 e. The molecule has 0 saturated carbocycles. The van der Waals surface area contributed by atoms with Crippen LogP contribution in [0.15, 0.2) is 18.2 Å². The van der Waals surface area contributed by atoms with Gasteiger partial charge in [0.2, 0.25) is 5.91 Å². The molecule has 3 nitrogen and oxygen atoms in total. The van der Waals surface area contributed by atoms with Crippen LogP contribution in [0.25, 0.3) is 0 Å². The Morgan fingerprint density at radius 1 is 1.47 bits per heavy atom. The van der Waals surface area contributed by atoms with Crippen molar-refractivity contribution in [2.24, 2.45) is 0 Å². The van der Waals surface area contributed by atoms with Gasteiger partial charge in [-0.3, -0.25) is 4.79 Å². The first-order valence-corrected chi connectivity index (χ1v) is 5.24. The van der Waals surface area contributed by atoms with E-state index in [4.69, 9.17) is 16.3 Å². The second-order valence-electron chi connectivity index (χ2n) is 3.44. The molecule has 1 aromatic rings. The molecular weight excluding hydrogens is 214 g/mol. The van der Waals surface area contributed by atoms with Crippen molar-refractivity contribution in [2.75, 3.05) is 18.6 Å². The summed E-state index contributed by atoms with van der Waals surface area (Å²) in [7, 11) is 1.56. The minimum absolute atomic E-state index is 0.135. The molecule has 1 aliphatic rings. The molecule has 4 heteroatoms. The standard InChI is InChI=1S/C11H12ClNO2/c1-15-11-8(12)4-2-5-9(11)13-7-3-6-10(13)14/h2,4-5H,3,6-7H2,1H3. The first kappa shape index (κ1) is 10.3. The molecule has 1 amide bonds. The molecule has 1 heterocycles. The third-order valence-electron chi connectivity index (χ3n) is 2.51. The molecule has 80 valence electrons. The number of carbonyl (C=O) groups is 1. The van der Waals surface area contributed by atoms with E-state index in [0.717, 1.165) is 18.7 Å². The highest BCUT2D eigenvalue weighted by molar-refractivity contribution is 6.32. The summed E-state index contributed by atoms with van der Waals surface area (Å²) >= 11 is 5.99. The van der Waals surface area contributed by atoms with E-state index < -0.39 is 0 Å². The van der Waals surface area contributed by atoms with Gasteiger partial charge in [0, 0.05) is 13.0 Å². The molecule has 0 atom stereocenters. The SMILES string of the molecule is COc1c(Cl)cccc1N1CCCC1=O. The number of hydrogen-bond acceptors (Lipinski definition) is 2. The number of nitrogens with zero attached hydrogens (tertiary/aromatic N) is 1. The highest BCUT2D eigenvalue weighted by Crippen LogP contribution is 2.36. The number of carbonyl (C=O) groups excluding carboxylic acids is 1. The number of rotatable bonds is 2. The summed E-state index contributed by atoms with van der Waals surface area (Å²) in [4.78, 5) is 13.3. The number of hydrogen-bond donors (Lipinski definition) is 0. The first-order chi connectivity index (χ1) is 7.24. The molecule has 2 rings (SSSR count). The van der Waals surface area contributed by atoms with Crippen LogP contribution < -0.4 is 9.64 Å². The summed E-state index contributed by atoms with van der Waals surface area (Å²) in [6.07, 6.45) is 1.50. The lowest BCUT2D eigenvalue weighted by atomic mass is 10.2. The van der Waals surface area contributed by atoms with E-state index in [1.165, 1.54) is 0 Å². The molecule has 1 saturated heterocycles. The normalized spacial score (nSPS) is 15.9. The summed E-state index contributed by atoms with van der Waals surface area (Å²) < 4.78 is 5.21. The number of halogens is 1. The fourth-order valence-corrected chi connectivity index (χ4v) is 2.06. The predicted molar refractivity (Wildman–Crippen MR) is 59.6 cm³/mol. The average Bonchev–Trinajstić information content (AvgIpc) is 2.64. The van der Waals surface area contributed by atoms with Crippen LogP contribution in [-0.4, -0.2) is 19.6 Å². The van der Waals surface area contributed by atoms with E-state index in [9.17, 15) is 4.79 Å². The number of para-hydroxylation sites is 1. The molecule has 0 bridgehead atoms. The van der Waals surface area contributed by atoms with Gasteiger partial charge < -0.3 is 9.64 Å². The Hall–Kier alpha value is -1.22. The molecule has 0 spiro atoms. The van der Waals surface area contributed by atoms with Crippen molar-refractivity contribution in [1.29, 1.82) is 0 Å². The molecule has 0 unspecified atom stereocenters. The second-order valence-corrected chi connectivity index (χ2v) is 3.85. The maximum absolute atomic E-state index is 11.6. The van der Waals surface area contributed by atoms with Gasteiger partial charge in [-0.1, -0.05) is 17.7 Å². The van der Waals surface area contributed by atoms with Gasteiger partial charge in [-0.05, 0) is 18.6 Å². The van der Waals surface area contributed by atoms with Crippen LogP contribution in [0.1, 0.15) is 12.8 Å². The van der Waals surface area contributed by atoms with Gasteiger partial charge in [0.25, 0.3) is 0 Å². The zero-order valence-electron chi connectivity index (χ0n) is 8.50. The highest BCUT2D eigenvalue weighted by Gasteiger charge is 2.25. The molecular formula is C11H12ClNO2. The topological polar surface area (TPSA) is 29.5 Å². The van der Waals surface area contributed by atoms with Crippen LogP contribution in [0, 0.1) is 0 Å². The third-order valence-corrected chi connectivity index (χ3v) is 2.81. The molecule has 15 heavy (non-hydrogen) atoms. The molecule has 1 aromatic carbocycles. The zero-order valence-corrected chi connectivity index (χ0v) is 9.25. The van der Waals surface area contributed by atoms with Crippen molar-refractivity contribution in [2.45, 2.75) is 12.8 Å². The second kappa shape index (κ2) is 4.11. The van der Waals surface area contributed by atoms with Crippen LogP contribution in [-0.2, 0) is 4.79 Å². The number of amides is 1. The molecule has 0 radical (unpaired) electrons. The van der Waals surface area contributed by atoms with Gasteiger partial charge in [-0.25, -0.2) is 0 Å². The van der Waals surface area contributed by atoms with E-state index in [1.54, 1.807) is 18.1 Å². The maximum atomic E-state index is 11.6. The van der Waals surface area contributed by atoms with Crippen molar-refractivity contribution in [3.63, 3.8) is 0 Å². The molecule has 0 aromatic heterocycles. The van der Waals surface area contributed by atoms with Crippen LogP contribution in [0.3, 0.4) is 0 Å². The lowest BCUT2D eigenvalue weighted by Crippen LogP contribution is -2.24. The van der Waals surface area contributed by atoms with Gasteiger partial charge in [-0.2, -0.15) is 0 Å². The average molecular weight is 226 g/mol. The van der Waals surface area contributed by atoms with Crippen molar-refractivity contribution < 1.29 is 9.53 Å². The smallest absolute Gasteiger partial charge is 0.227 e. The minimum atomic E-state index is 0.135. The van der Waals surface area contributed by atoms with Gasteiger partial charge in [0.05, 0.1) is 17.8 Å². The van der Waals surface area contributed by atoms with E-state index in [0.29, 0.717) is 17.2 Å². The van der Waals surface area contributed by atoms with Crippen molar-refractivity contribution >= 4 is 23.2 Å². The monoisotopic (exact) mass is 225 g/mol. The van der Waals surface area contributed by atoms with Crippen LogP contribution in [0.2, 0.25) is 5.02 Å². The van der Waals surface area contributed by atoms with E-state index in [1.807, 2.05) is 12.1 Å². The molecule has 0 N–H and O–H groups in total. The summed E-state index contributed by atoms with van der Waals surface area (Å²) in [5.74, 6) is 0.713. The predicted octanol–water partition coefficient (Wildman–Crippen LogP) is 2.48. The lowest BCUT2D eigenvalue weighted by molar-refractivity contribution is -0.117. The Kier molecular flexibility index (Phi) is 2.82. The van der Waals surface area contributed by atoms with Gasteiger partial charge in [0.15, 0.2) is 5.75 Å². The van der Waals surface area contributed by atoms with E-state index >= 15 is 0 Å². The van der Waals surface area contributed by atoms with Gasteiger partial charge >= 0.3 is 0 Å².